The molecule has 3 N–H and O–H groups in total. The first-order valence-corrected chi connectivity index (χ1v) is 4.40. The molecule has 1 aromatic carbocycles. The highest BCUT2D eigenvalue weighted by molar-refractivity contribution is 5.60. The number of hydrogen-bond acceptors (Lipinski definition) is 2. The van der Waals surface area contributed by atoms with Crippen LogP contribution in [0, 0.1) is 11.6 Å². The summed E-state index contributed by atoms with van der Waals surface area (Å²) in [5, 5.41) is 6.48. The Morgan fingerprint density at radius 3 is 2.73 bits per heavy atom. The first-order chi connectivity index (χ1) is 7.20. The summed E-state index contributed by atoms with van der Waals surface area (Å²) >= 11 is 0. The minimum absolute atomic E-state index is 0.131. The van der Waals surface area contributed by atoms with E-state index in [1.165, 1.54) is 0 Å². The van der Waals surface area contributed by atoms with Crippen molar-refractivity contribution in [3.05, 3.63) is 41.6 Å². The monoisotopic (exact) mass is 209 g/mol. The minimum Gasteiger partial charge on any atom is -0.325 e. The quantitative estimate of drug-likeness (QED) is 0.792. The Bertz CT molecular complexity index is 479. The molecule has 0 radical (unpaired) electrons. The van der Waals surface area contributed by atoms with E-state index in [4.69, 9.17) is 5.73 Å². The zero-order valence-electron chi connectivity index (χ0n) is 7.80. The molecule has 0 fully saturated rings. The van der Waals surface area contributed by atoms with Gasteiger partial charge < -0.3 is 5.73 Å². The van der Waals surface area contributed by atoms with Crippen LogP contribution in [0.5, 0.6) is 0 Å². The van der Waals surface area contributed by atoms with Gasteiger partial charge in [-0.05, 0) is 24.3 Å². The Morgan fingerprint density at radius 1 is 1.27 bits per heavy atom. The van der Waals surface area contributed by atoms with E-state index in [1.54, 1.807) is 6.07 Å². The van der Waals surface area contributed by atoms with Crippen LogP contribution in [-0.4, -0.2) is 10.2 Å². The van der Waals surface area contributed by atoms with Gasteiger partial charge in [-0.2, -0.15) is 5.10 Å². The molecule has 3 nitrogen and oxygen atoms in total. The standard InChI is InChI=1S/C10H9F2N3/c11-6-1-2-9(12)8(3-6)10-4-7(5-13)14-15-10/h1-4H,5,13H2,(H,14,15). The van der Waals surface area contributed by atoms with Gasteiger partial charge >= 0.3 is 0 Å². The van der Waals surface area contributed by atoms with Gasteiger partial charge in [0, 0.05) is 17.8 Å². The predicted molar refractivity (Wildman–Crippen MR) is 51.8 cm³/mol. The molecule has 0 spiro atoms. The second-order valence-corrected chi connectivity index (χ2v) is 3.11. The molecule has 0 unspecified atom stereocenters. The lowest BCUT2D eigenvalue weighted by Crippen LogP contribution is -1.95. The van der Waals surface area contributed by atoms with Crippen molar-refractivity contribution in [2.75, 3.05) is 0 Å². The highest BCUT2D eigenvalue weighted by Gasteiger charge is 2.09. The average Bonchev–Trinajstić information content (AvgIpc) is 2.70. The minimum atomic E-state index is -0.508. The average molecular weight is 209 g/mol. The van der Waals surface area contributed by atoms with Crippen LogP contribution in [0.2, 0.25) is 0 Å². The van der Waals surface area contributed by atoms with E-state index in [2.05, 4.69) is 10.2 Å². The van der Waals surface area contributed by atoms with E-state index in [1.807, 2.05) is 0 Å². The molecule has 15 heavy (non-hydrogen) atoms. The summed E-state index contributed by atoms with van der Waals surface area (Å²) in [5.74, 6) is -1.00. The molecule has 0 bridgehead atoms. The molecular formula is C10H9F2N3. The molecule has 0 aliphatic carbocycles. The molecule has 1 heterocycles. The van der Waals surface area contributed by atoms with Gasteiger partial charge in [-0.25, -0.2) is 8.78 Å². The number of nitrogens with zero attached hydrogens (tertiary/aromatic N) is 1. The number of benzene rings is 1. The summed E-state index contributed by atoms with van der Waals surface area (Å²) in [4.78, 5) is 0. The zero-order chi connectivity index (χ0) is 10.8. The molecule has 0 aliphatic rings. The Labute approximate surface area is 84.9 Å². The van der Waals surface area contributed by atoms with Crippen molar-refractivity contribution in [2.24, 2.45) is 5.73 Å². The van der Waals surface area contributed by atoms with E-state index in [-0.39, 0.29) is 12.1 Å². The highest BCUT2D eigenvalue weighted by Crippen LogP contribution is 2.22. The summed E-state index contributed by atoms with van der Waals surface area (Å²) in [6, 6.07) is 4.83. The van der Waals surface area contributed by atoms with Gasteiger partial charge in [-0.3, -0.25) is 5.10 Å². The van der Waals surface area contributed by atoms with Crippen molar-refractivity contribution in [1.29, 1.82) is 0 Å². The summed E-state index contributed by atoms with van der Waals surface area (Å²) in [6.07, 6.45) is 0. The lowest BCUT2D eigenvalue weighted by molar-refractivity contribution is 0.602. The van der Waals surface area contributed by atoms with Gasteiger partial charge in [0.25, 0.3) is 0 Å². The van der Waals surface area contributed by atoms with Crippen molar-refractivity contribution < 1.29 is 8.78 Å². The molecule has 78 valence electrons. The van der Waals surface area contributed by atoms with Crippen LogP contribution in [0.4, 0.5) is 8.78 Å². The second kappa shape index (κ2) is 3.78. The topological polar surface area (TPSA) is 54.7 Å². The zero-order valence-corrected chi connectivity index (χ0v) is 7.80. The summed E-state index contributed by atoms with van der Waals surface area (Å²) in [6.45, 7) is 0.282. The maximum Gasteiger partial charge on any atom is 0.132 e. The van der Waals surface area contributed by atoms with Crippen LogP contribution in [0.25, 0.3) is 11.3 Å². The van der Waals surface area contributed by atoms with E-state index < -0.39 is 11.6 Å². The van der Waals surface area contributed by atoms with Crippen LogP contribution in [-0.2, 0) is 6.54 Å². The third-order valence-electron chi connectivity index (χ3n) is 2.06. The lowest BCUT2D eigenvalue weighted by atomic mass is 10.1. The summed E-state index contributed by atoms with van der Waals surface area (Å²) in [5.41, 5.74) is 6.53. The number of nitrogens with two attached hydrogens (primary N) is 1. The normalized spacial score (nSPS) is 10.6. The maximum atomic E-state index is 13.3. The van der Waals surface area contributed by atoms with E-state index in [0.717, 1.165) is 18.2 Å². The lowest BCUT2D eigenvalue weighted by Gasteiger charge is -1.98. The first-order valence-electron chi connectivity index (χ1n) is 4.40. The smallest absolute Gasteiger partial charge is 0.132 e. The fraction of sp³-hybridized carbons (Fsp3) is 0.100. The number of H-pyrrole nitrogens is 1. The van der Waals surface area contributed by atoms with Gasteiger partial charge in [0.05, 0.1) is 5.69 Å². The summed E-state index contributed by atoms with van der Waals surface area (Å²) < 4.78 is 26.2. The van der Waals surface area contributed by atoms with Crippen molar-refractivity contribution in [1.82, 2.24) is 10.2 Å². The molecule has 0 saturated carbocycles. The number of aromatic amines is 1. The van der Waals surface area contributed by atoms with Crippen molar-refractivity contribution in [2.45, 2.75) is 6.54 Å². The third kappa shape index (κ3) is 1.87. The Balaban J connectivity index is 2.48. The van der Waals surface area contributed by atoms with Crippen molar-refractivity contribution in [3.63, 3.8) is 0 Å². The molecule has 2 rings (SSSR count). The van der Waals surface area contributed by atoms with Gasteiger partial charge in [0.15, 0.2) is 0 Å². The fourth-order valence-electron chi connectivity index (χ4n) is 1.30. The maximum absolute atomic E-state index is 13.3. The fourth-order valence-corrected chi connectivity index (χ4v) is 1.30. The van der Waals surface area contributed by atoms with Crippen LogP contribution in [0.1, 0.15) is 5.69 Å². The van der Waals surface area contributed by atoms with Crippen LogP contribution >= 0.6 is 0 Å². The Kier molecular flexibility index (Phi) is 2.47. The molecule has 5 heteroatoms. The second-order valence-electron chi connectivity index (χ2n) is 3.11. The van der Waals surface area contributed by atoms with E-state index >= 15 is 0 Å². The van der Waals surface area contributed by atoms with Gasteiger partial charge in [0.2, 0.25) is 0 Å². The molecule has 2 aromatic rings. The van der Waals surface area contributed by atoms with Crippen LogP contribution < -0.4 is 5.73 Å². The van der Waals surface area contributed by atoms with Gasteiger partial charge in [-0.15, -0.1) is 0 Å². The highest BCUT2D eigenvalue weighted by atomic mass is 19.1. The van der Waals surface area contributed by atoms with Crippen LogP contribution in [0.3, 0.4) is 0 Å². The Hall–Kier alpha value is -1.75. The molecular weight excluding hydrogens is 200 g/mol. The van der Waals surface area contributed by atoms with Crippen molar-refractivity contribution in [3.8, 4) is 11.3 Å². The number of nitrogens with one attached hydrogen (secondary N) is 1. The molecule has 1 aromatic heterocycles. The predicted octanol–water partition coefficient (Wildman–Crippen LogP) is 1.81. The molecule has 0 saturated heterocycles. The molecule has 0 amide bonds. The first kappa shape index (κ1) is 9.79. The van der Waals surface area contributed by atoms with Gasteiger partial charge in [-0.1, -0.05) is 0 Å². The SMILES string of the molecule is NCc1cc(-c2cc(F)ccc2F)n[nH]1. The third-order valence-corrected chi connectivity index (χ3v) is 2.06. The number of rotatable bonds is 2. The molecule has 0 aliphatic heterocycles. The Morgan fingerprint density at radius 2 is 2.07 bits per heavy atom. The van der Waals surface area contributed by atoms with Crippen molar-refractivity contribution >= 4 is 0 Å². The summed E-state index contributed by atoms with van der Waals surface area (Å²) in [7, 11) is 0. The number of hydrogen-bond donors (Lipinski definition) is 2. The molecule has 0 atom stereocenters. The van der Waals surface area contributed by atoms with Crippen LogP contribution in [0.15, 0.2) is 24.3 Å². The largest absolute Gasteiger partial charge is 0.325 e. The van der Waals surface area contributed by atoms with Gasteiger partial charge in [0.1, 0.15) is 11.6 Å². The number of aromatic nitrogens is 2. The van der Waals surface area contributed by atoms with E-state index in [9.17, 15) is 8.78 Å². The number of halogens is 2. The van der Waals surface area contributed by atoms with E-state index in [0.29, 0.717) is 11.4 Å².